The molecule has 0 spiro atoms. The van der Waals surface area contributed by atoms with E-state index in [4.69, 9.17) is 9.47 Å². The molecule has 28 heavy (non-hydrogen) atoms. The highest BCUT2D eigenvalue weighted by atomic mass is 16.6. The lowest BCUT2D eigenvalue weighted by molar-refractivity contribution is 0.0335. The van der Waals surface area contributed by atoms with Crippen molar-refractivity contribution < 1.29 is 14.3 Å². The van der Waals surface area contributed by atoms with E-state index in [0.29, 0.717) is 30.0 Å². The molecular weight excluding hydrogens is 360 g/mol. The van der Waals surface area contributed by atoms with Crippen LogP contribution in [-0.2, 0) is 9.47 Å². The minimum Gasteiger partial charge on any atom is -0.460 e. The van der Waals surface area contributed by atoms with Gasteiger partial charge in [-0.1, -0.05) is 30.3 Å². The van der Waals surface area contributed by atoms with Crippen molar-refractivity contribution in [3.05, 3.63) is 70.5 Å². The summed E-state index contributed by atoms with van der Waals surface area (Å²) in [5.74, 6) is -0.219. The zero-order valence-corrected chi connectivity index (χ0v) is 15.3. The van der Waals surface area contributed by atoms with E-state index < -0.39 is 5.97 Å². The number of nitrogens with zero attached hydrogens (tertiary/aromatic N) is 2. The van der Waals surface area contributed by atoms with E-state index in [2.05, 4.69) is 20.5 Å². The van der Waals surface area contributed by atoms with E-state index in [1.54, 1.807) is 36.4 Å². The summed E-state index contributed by atoms with van der Waals surface area (Å²) in [5.41, 5.74) is 1.65. The highest BCUT2D eigenvalue weighted by molar-refractivity contribution is 5.89. The Morgan fingerprint density at radius 3 is 2.46 bits per heavy atom. The summed E-state index contributed by atoms with van der Waals surface area (Å²) in [4.78, 5) is 26.8. The Labute approximate surface area is 161 Å². The van der Waals surface area contributed by atoms with Gasteiger partial charge in [-0.3, -0.25) is 9.78 Å². The van der Waals surface area contributed by atoms with Gasteiger partial charge in [0.25, 0.3) is 5.56 Å². The van der Waals surface area contributed by atoms with Crippen LogP contribution in [0.2, 0.25) is 0 Å². The second-order valence-corrected chi connectivity index (χ2v) is 5.75. The Balaban J connectivity index is 1.63. The number of ether oxygens (including phenoxy) is 2. The van der Waals surface area contributed by atoms with Gasteiger partial charge in [-0.15, -0.1) is 10.2 Å². The van der Waals surface area contributed by atoms with Crippen LogP contribution < -0.4 is 10.9 Å². The van der Waals surface area contributed by atoms with Gasteiger partial charge < -0.3 is 14.8 Å². The number of nitrogens with one attached hydrogen (secondary N) is 2. The van der Waals surface area contributed by atoms with Crippen molar-refractivity contribution in [3.63, 3.8) is 0 Å². The average molecular weight is 380 g/mol. The van der Waals surface area contributed by atoms with Gasteiger partial charge in [0, 0.05) is 17.9 Å². The number of hydrogen-bond donors (Lipinski definition) is 2. The highest BCUT2D eigenvalue weighted by Gasteiger charge is 2.09. The van der Waals surface area contributed by atoms with Gasteiger partial charge in [0.05, 0.1) is 12.2 Å². The first-order valence-corrected chi connectivity index (χ1v) is 8.81. The second kappa shape index (κ2) is 9.43. The van der Waals surface area contributed by atoms with Gasteiger partial charge in [-0.2, -0.15) is 0 Å². The molecule has 0 saturated heterocycles. The first-order valence-electron chi connectivity index (χ1n) is 8.81. The Bertz CT molecular complexity index is 972. The summed E-state index contributed by atoms with van der Waals surface area (Å²) in [5, 5.41) is 10.9. The van der Waals surface area contributed by atoms with Crippen LogP contribution in [0.3, 0.4) is 0 Å². The summed E-state index contributed by atoms with van der Waals surface area (Å²) >= 11 is 0. The molecule has 2 N–H and O–H groups in total. The molecular formula is C20H20N4O4. The number of carbonyl (C=O) groups excluding carboxylic acids is 1. The predicted molar refractivity (Wildman–Crippen MR) is 105 cm³/mol. The standard InChI is InChI=1S/C20H20N4O4/c1-2-27-12-13-28-19(26)15-8-10-16(11-9-15)21-20-22-18(25)17(23-24-20)14-6-4-3-5-7-14/h3-11H,2,12-13H2,1H3,(H2,21,22,24,25). The van der Waals surface area contributed by atoms with Gasteiger partial charge >= 0.3 is 5.97 Å². The number of H-pyrrole nitrogens is 1. The van der Waals surface area contributed by atoms with Crippen molar-refractivity contribution in [2.24, 2.45) is 0 Å². The van der Waals surface area contributed by atoms with Crippen LogP contribution in [0.5, 0.6) is 0 Å². The average Bonchev–Trinajstić information content (AvgIpc) is 2.72. The molecule has 0 bridgehead atoms. The van der Waals surface area contributed by atoms with Crippen molar-refractivity contribution in [1.29, 1.82) is 0 Å². The van der Waals surface area contributed by atoms with Crippen molar-refractivity contribution in [2.45, 2.75) is 6.92 Å². The maximum atomic E-state index is 12.3. The van der Waals surface area contributed by atoms with Gasteiger partial charge in [0.15, 0.2) is 5.69 Å². The Morgan fingerprint density at radius 2 is 1.79 bits per heavy atom. The van der Waals surface area contributed by atoms with Crippen molar-refractivity contribution in [2.75, 3.05) is 25.1 Å². The van der Waals surface area contributed by atoms with Crippen molar-refractivity contribution in [1.82, 2.24) is 15.2 Å². The van der Waals surface area contributed by atoms with Crippen LogP contribution in [0.4, 0.5) is 11.6 Å². The van der Waals surface area contributed by atoms with E-state index in [1.807, 2.05) is 25.1 Å². The minimum atomic E-state index is -0.424. The molecule has 3 aromatic rings. The lowest BCUT2D eigenvalue weighted by Crippen LogP contribution is -2.15. The van der Waals surface area contributed by atoms with E-state index >= 15 is 0 Å². The number of benzene rings is 2. The highest BCUT2D eigenvalue weighted by Crippen LogP contribution is 2.15. The SMILES string of the molecule is CCOCCOC(=O)c1ccc(Nc2nnc(-c3ccccc3)c(=O)[nH]2)cc1. The molecule has 1 aromatic heterocycles. The molecule has 0 fully saturated rings. The molecule has 0 aliphatic carbocycles. The molecule has 0 atom stereocenters. The van der Waals surface area contributed by atoms with Crippen LogP contribution >= 0.6 is 0 Å². The lowest BCUT2D eigenvalue weighted by atomic mass is 10.2. The molecule has 144 valence electrons. The van der Waals surface area contributed by atoms with Gasteiger partial charge in [-0.05, 0) is 31.2 Å². The van der Waals surface area contributed by atoms with E-state index in [1.165, 1.54) is 0 Å². The molecule has 0 radical (unpaired) electrons. The normalized spacial score (nSPS) is 10.5. The molecule has 0 saturated carbocycles. The number of aromatic amines is 1. The zero-order chi connectivity index (χ0) is 19.8. The number of esters is 1. The molecule has 2 aromatic carbocycles. The quantitative estimate of drug-likeness (QED) is 0.457. The minimum absolute atomic E-state index is 0.205. The van der Waals surface area contributed by atoms with Crippen LogP contribution in [0.15, 0.2) is 59.4 Å². The Morgan fingerprint density at radius 1 is 1.04 bits per heavy atom. The van der Waals surface area contributed by atoms with Crippen molar-refractivity contribution >= 4 is 17.6 Å². The molecule has 3 rings (SSSR count). The maximum absolute atomic E-state index is 12.3. The monoisotopic (exact) mass is 380 g/mol. The third-order valence-electron chi connectivity index (χ3n) is 3.79. The summed E-state index contributed by atoms with van der Waals surface area (Å²) in [7, 11) is 0. The molecule has 1 heterocycles. The fraction of sp³-hybridized carbons (Fsp3) is 0.200. The third-order valence-corrected chi connectivity index (χ3v) is 3.79. The van der Waals surface area contributed by atoms with Gasteiger partial charge in [0.2, 0.25) is 5.95 Å². The predicted octanol–water partition coefficient (Wildman–Crippen LogP) is 2.77. The zero-order valence-electron chi connectivity index (χ0n) is 15.3. The molecule has 0 aliphatic rings. The smallest absolute Gasteiger partial charge is 0.338 e. The maximum Gasteiger partial charge on any atom is 0.338 e. The topological polar surface area (TPSA) is 106 Å². The van der Waals surface area contributed by atoms with Gasteiger partial charge in [0.1, 0.15) is 6.61 Å². The molecule has 8 nitrogen and oxygen atoms in total. The van der Waals surface area contributed by atoms with Crippen LogP contribution in [0, 0.1) is 0 Å². The van der Waals surface area contributed by atoms with E-state index in [-0.39, 0.29) is 23.8 Å². The fourth-order valence-corrected chi connectivity index (χ4v) is 2.43. The number of carbonyl (C=O) groups is 1. The number of hydrogen-bond acceptors (Lipinski definition) is 7. The van der Waals surface area contributed by atoms with Gasteiger partial charge in [-0.25, -0.2) is 4.79 Å². The number of anilines is 2. The first-order chi connectivity index (χ1) is 13.7. The summed E-state index contributed by atoms with van der Waals surface area (Å²) in [6, 6.07) is 15.7. The fourth-order valence-electron chi connectivity index (χ4n) is 2.43. The summed E-state index contributed by atoms with van der Waals surface area (Å²) in [6.45, 7) is 3.03. The van der Waals surface area contributed by atoms with Crippen LogP contribution in [0.25, 0.3) is 11.3 Å². The molecule has 0 amide bonds. The Hall–Kier alpha value is -3.52. The largest absolute Gasteiger partial charge is 0.460 e. The third kappa shape index (κ3) is 5.01. The van der Waals surface area contributed by atoms with E-state index in [0.717, 1.165) is 0 Å². The molecule has 8 heteroatoms. The second-order valence-electron chi connectivity index (χ2n) is 5.75. The molecule has 0 aliphatic heterocycles. The summed E-state index contributed by atoms with van der Waals surface area (Å²) < 4.78 is 10.2. The van der Waals surface area contributed by atoms with Crippen LogP contribution in [-0.4, -0.2) is 41.0 Å². The molecule has 0 unspecified atom stereocenters. The lowest BCUT2D eigenvalue weighted by Gasteiger charge is -2.07. The van der Waals surface area contributed by atoms with E-state index in [9.17, 15) is 9.59 Å². The number of rotatable bonds is 8. The number of aromatic nitrogens is 3. The summed E-state index contributed by atoms with van der Waals surface area (Å²) in [6.07, 6.45) is 0. The first kappa shape index (κ1) is 19.2. The Kier molecular flexibility index (Phi) is 6.48. The van der Waals surface area contributed by atoms with Crippen molar-refractivity contribution in [3.8, 4) is 11.3 Å². The van der Waals surface area contributed by atoms with Crippen LogP contribution in [0.1, 0.15) is 17.3 Å².